The van der Waals surface area contributed by atoms with E-state index in [0.717, 1.165) is 11.1 Å². The third-order valence-electron chi connectivity index (χ3n) is 3.91. The minimum Gasteiger partial charge on any atom is -0.423 e. The van der Waals surface area contributed by atoms with E-state index in [9.17, 15) is 4.79 Å². The molecule has 3 aromatic rings. The van der Waals surface area contributed by atoms with E-state index in [0.29, 0.717) is 11.3 Å². The van der Waals surface area contributed by atoms with E-state index in [1.165, 1.54) is 11.1 Å². The molecule has 0 saturated carbocycles. The largest absolute Gasteiger partial charge is 0.423 e. The van der Waals surface area contributed by atoms with Crippen molar-refractivity contribution in [2.45, 2.75) is 13.8 Å². The molecule has 0 saturated heterocycles. The van der Waals surface area contributed by atoms with E-state index in [-0.39, 0.29) is 5.97 Å². The second kappa shape index (κ2) is 6.49. The Morgan fingerprint density at radius 2 is 1.39 bits per heavy atom. The fraction of sp³-hybridized carbons (Fsp3) is 0.0952. The van der Waals surface area contributed by atoms with Gasteiger partial charge in [0.25, 0.3) is 0 Å². The van der Waals surface area contributed by atoms with Crippen molar-refractivity contribution in [3.63, 3.8) is 0 Å². The minimum absolute atomic E-state index is 0.343. The predicted octanol–water partition coefficient (Wildman–Crippen LogP) is 5.19. The maximum absolute atomic E-state index is 12.0. The Labute approximate surface area is 136 Å². The summed E-state index contributed by atoms with van der Waals surface area (Å²) in [5.74, 6) is 0.205. The topological polar surface area (TPSA) is 26.3 Å². The first-order valence-corrected chi connectivity index (χ1v) is 7.58. The first-order valence-electron chi connectivity index (χ1n) is 7.58. The van der Waals surface area contributed by atoms with Gasteiger partial charge in [0.2, 0.25) is 0 Å². The van der Waals surface area contributed by atoms with Crippen molar-refractivity contribution in [1.29, 1.82) is 0 Å². The van der Waals surface area contributed by atoms with Crippen LogP contribution in [0.4, 0.5) is 0 Å². The van der Waals surface area contributed by atoms with Crippen LogP contribution in [0.3, 0.4) is 0 Å². The highest BCUT2D eigenvalue weighted by atomic mass is 16.5. The number of aryl methyl sites for hydroxylation is 2. The molecule has 0 heterocycles. The van der Waals surface area contributed by atoms with Crippen molar-refractivity contribution in [3.05, 3.63) is 89.5 Å². The van der Waals surface area contributed by atoms with Crippen LogP contribution >= 0.6 is 0 Å². The Morgan fingerprint density at radius 3 is 2.04 bits per heavy atom. The van der Waals surface area contributed by atoms with Gasteiger partial charge in [-0.3, -0.25) is 0 Å². The summed E-state index contributed by atoms with van der Waals surface area (Å²) in [6, 6.07) is 23.0. The summed E-state index contributed by atoms with van der Waals surface area (Å²) in [6.45, 7) is 4.21. The van der Waals surface area contributed by atoms with E-state index in [2.05, 4.69) is 32.0 Å². The lowest BCUT2D eigenvalue weighted by Crippen LogP contribution is -2.07. The summed E-state index contributed by atoms with van der Waals surface area (Å²) in [5, 5.41) is 0. The van der Waals surface area contributed by atoms with Crippen LogP contribution in [-0.4, -0.2) is 5.97 Å². The van der Waals surface area contributed by atoms with Gasteiger partial charge in [0.15, 0.2) is 0 Å². The van der Waals surface area contributed by atoms with Crippen LogP contribution in [0.1, 0.15) is 21.5 Å². The Kier molecular flexibility index (Phi) is 4.24. The smallest absolute Gasteiger partial charge is 0.343 e. The molecule has 0 atom stereocenters. The number of hydrogen-bond acceptors (Lipinski definition) is 2. The number of ether oxygens (including phenoxy) is 1. The number of benzene rings is 3. The van der Waals surface area contributed by atoms with Crippen molar-refractivity contribution >= 4 is 5.97 Å². The lowest BCUT2D eigenvalue weighted by Gasteiger charge is -2.08. The van der Waals surface area contributed by atoms with Gasteiger partial charge >= 0.3 is 5.97 Å². The molecule has 0 aliphatic rings. The van der Waals surface area contributed by atoms with Crippen LogP contribution in [-0.2, 0) is 0 Å². The molecule has 0 spiro atoms. The molecule has 2 nitrogen and oxygen atoms in total. The zero-order valence-electron chi connectivity index (χ0n) is 13.2. The molecule has 0 fully saturated rings. The van der Waals surface area contributed by atoms with Crippen molar-refractivity contribution in [3.8, 4) is 16.9 Å². The minimum atomic E-state index is -0.343. The summed E-state index contributed by atoms with van der Waals surface area (Å²) in [4.78, 5) is 12.0. The molecule has 0 unspecified atom stereocenters. The molecular formula is C21H18O2. The lowest BCUT2D eigenvalue weighted by molar-refractivity contribution is 0.0735. The van der Waals surface area contributed by atoms with Gasteiger partial charge in [-0.15, -0.1) is 0 Å². The van der Waals surface area contributed by atoms with Crippen molar-refractivity contribution in [2.24, 2.45) is 0 Å². The molecule has 0 N–H and O–H groups in total. The molecule has 3 aromatic carbocycles. The van der Waals surface area contributed by atoms with Crippen LogP contribution in [0.5, 0.6) is 5.75 Å². The van der Waals surface area contributed by atoms with Crippen LogP contribution in [0.15, 0.2) is 72.8 Å². The monoisotopic (exact) mass is 302 g/mol. The summed E-state index contributed by atoms with van der Waals surface area (Å²) < 4.78 is 5.40. The lowest BCUT2D eigenvalue weighted by atomic mass is 10.0. The first-order chi connectivity index (χ1) is 11.1. The molecule has 0 aromatic heterocycles. The van der Waals surface area contributed by atoms with Crippen molar-refractivity contribution in [1.82, 2.24) is 0 Å². The molecule has 0 radical (unpaired) electrons. The number of esters is 1. The zero-order chi connectivity index (χ0) is 16.2. The maximum Gasteiger partial charge on any atom is 0.343 e. The van der Waals surface area contributed by atoms with Gasteiger partial charge in [-0.2, -0.15) is 0 Å². The van der Waals surface area contributed by atoms with Gasteiger partial charge in [-0.05, 0) is 60.4 Å². The van der Waals surface area contributed by atoms with Crippen LogP contribution in [0.2, 0.25) is 0 Å². The third kappa shape index (κ3) is 3.49. The van der Waals surface area contributed by atoms with E-state index in [1.54, 1.807) is 12.1 Å². The number of carbonyl (C=O) groups is 1. The summed E-state index contributed by atoms with van der Waals surface area (Å²) >= 11 is 0. The molecule has 0 amide bonds. The molecule has 2 heteroatoms. The number of hydrogen-bond donors (Lipinski definition) is 0. The van der Waals surface area contributed by atoms with Crippen molar-refractivity contribution in [2.75, 3.05) is 0 Å². The molecule has 0 aliphatic heterocycles. The molecule has 0 aliphatic carbocycles. The van der Waals surface area contributed by atoms with Gasteiger partial charge in [-0.1, -0.05) is 48.5 Å². The number of carbonyl (C=O) groups excluding carboxylic acids is 1. The second-order valence-corrected chi connectivity index (χ2v) is 5.58. The summed E-state index contributed by atoms with van der Waals surface area (Å²) in [7, 11) is 0. The Bertz CT molecular complexity index is 818. The highest BCUT2D eigenvalue weighted by Crippen LogP contribution is 2.24. The standard InChI is InChI=1S/C21H18O2/c1-15-8-9-19(14-16(15)2)17-10-12-20(13-11-17)23-21(22)18-6-4-3-5-7-18/h3-14H,1-2H3. The van der Waals surface area contributed by atoms with Gasteiger partial charge in [0, 0.05) is 0 Å². The molecule has 23 heavy (non-hydrogen) atoms. The van der Waals surface area contributed by atoms with Gasteiger partial charge in [-0.25, -0.2) is 4.79 Å². The van der Waals surface area contributed by atoms with E-state index >= 15 is 0 Å². The predicted molar refractivity (Wildman–Crippen MR) is 92.8 cm³/mol. The third-order valence-corrected chi connectivity index (χ3v) is 3.91. The molecular weight excluding hydrogens is 284 g/mol. The highest BCUT2D eigenvalue weighted by Gasteiger charge is 2.08. The molecule has 0 bridgehead atoms. The second-order valence-electron chi connectivity index (χ2n) is 5.58. The maximum atomic E-state index is 12.0. The Balaban J connectivity index is 1.77. The van der Waals surface area contributed by atoms with Gasteiger partial charge < -0.3 is 4.74 Å². The molecule has 3 rings (SSSR count). The van der Waals surface area contributed by atoms with Crippen LogP contribution < -0.4 is 4.74 Å². The fourth-order valence-corrected chi connectivity index (χ4v) is 2.38. The normalized spacial score (nSPS) is 10.3. The summed E-state index contributed by atoms with van der Waals surface area (Å²) in [6.07, 6.45) is 0. The first kappa shape index (κ1) is 15.0. The zero-order valence-corrected chi connectivity index (χ0v) is 13.2. The van der Waals surface area contributed by atoms with E-state index in [1.807, 2.05) is 42.5 Å². The van der Waals surface area contributed by atoms with Crippen molar-refractivity contribution < 1.29 is 9.53 Å². The average Bonchev–Trinajstić information content (AvgIpc) is 2.59. The highest BCUT2D eigenvalue weighted by molar-refractivity contribution is 5.91. The fourth-order valence-electron chi connectivity index (χ4n) is 2.38. The van der Waals surface area contributed by atoms with Crippen LogP contribution in [0, 0.1) is 13.8 Å². The van der Waals surface area contributed by atoms with Gasteiger partial charge in [0.1, 0.15) is 5.75 Å². The van der Waals surface area contributed by atoms with Crippen LogP contribution in [0.25, 0.3) is 11.1 Å². The Hall–Kier alpha value is -2.87. The van der Waals surface area contributed by atoms with E-state index < -0.39 is 0 Å². The quantitative estimate of drug-likeness (QED) is 0.491. The van der Waals surface area contributed by atoms with Gasteiger partial charge in [0.05, 0.1) is 5.56 Å². The van der Waals surface area contributed by atoms with E-state index in [4.69, 9.17) is 4.74 Å². The molecule has 114 valence electrons. The summed E-state index contributed by atoms with van der Waals surface area (Å²) in [5.41, 5.74) is 5.36. The Morgan fingerprint density at radius 1 is 0.739 bits per heavy atom. The number of rotatable bonds is 3. The average molecular weight is 302 g/mol. The SMILES string of the molecule is Cc1ccc(-c2ccc(OC(=O)c3ccccc3)cc2)cc1C.